The number of nitrogens with zero attached hydrogens (tertiary/aromatic N) is 5. The SMILES string of the molecule is CCOC(=O)[C@@H]1CCCCN1Cc1cccc(OC2CCN(C(=O)c3cnn4cccnc34)CC2)c1. The lowest BCUT2D eigenvalue weighted by Gasteiger charge is -2.34. The second-order valence-corrected chi connectivity index (χ2v) is 9.44. The van der Waals surface area contributed by atoms with E-state index in [4.69, 9.17) is 9.47 Å². The van der Waals surface area contributed by atoms with Crippen LogP contribution < -0.4 is 4.74 Å². The lowest BCUT2D eigenvalue weighted by Crippen LogP contribution is -2.44. The number of carbonyl (C=O) groups excluding carboxylic acids is 2. The van der Waals surface area contributed by atoms with Gasteiger partial charge in [0, 0.05) is 44.9 Å². The third-order valence-corrected chi connectivity index (χ3v) is 7.00. The molecule has 2 aromatic heterocycles. The van der Waals surface area contributed by atoms with Crippen molar-refractivity contribution in [1.82, 2.24) is 24.4 Å². The third-order valence-electron chi connectivity index (χ3n) is 7.00. The Bertz CT molecular complexity index is 1200. The van der Waals surface area contributed by atoms with Crippen LogP contribution in [0.5, 0.6) is 5.75 Å². The van der Waals surface area contributed by atoms with Crippen LogP contribution in [0.3, 0.4) is 0 Å². The maximum atomic E-state index is 13.0. The van der Waals surface area contributed by atoms with Crippen LogP contribution in [0.2, 0.25) is 0 Å². The maximum absolute atomic E-state index is 13.0. The van der Waals surface area contributed by atoms with E-state index in [0.717, 1.165) is 50.0 Å². The van der Waals surface area contributed by atoms with E-state index >= 15 is 0 Å². The van der Waals surface area contributed by atoms with Crippen LogP contribution in [0, 0.1) is 0 Å². The maximum Gasteiger partial charge on any atom is 0.323 e. The Morgan fingerprint density at radius 1 is 1.08 bits per heavy atom. The molecule has 9 heteroatoms. The van der Waals surface area contributed by atoms with Crippen LogP contribution >= 0.6 is 0 Å². The van der Waals surface area contributed by atoms with Gasteiger partial charge in [-0.3, -0.25) is 14.5 Å². The number of benzene rings is 1. The van der Waals surface area contributed by atoms with Gasteiger partial charge < -0.3 is 14.4 Å². The first-order valence-electron chi connectivity index (χ1n) is 12.9. The fourth-order valence-corrected chi connectivity index (χ4v) is 5.15. The van der Waals surface area contributed by atoms with Gasteiger partial charge in [-0.1, -0.05) is 18.6 Å². The van der Waals surface area contributed by atoms with Crippen molar-refractivity contribution < 1.29 is 19.1 Å². The lowest BCUT2D eigenvalue weighted by molar-refractivity contribution is -0.151. The lowest BCUT2D eigenvalue weighted by atomic mass is 10.0. The number of fused-ring (bicyclic) bond motifs is 1. The summed E-state index contributed by atoms with van der Waals surface area (Å²) in [4.78, 5) is 33.8. The number of carbonyl (C=O) groups is 2. The molecule has 2 aliphatic rings. The summed E-state index contributed by atoms with van der Waals surface area (Å²) in [5, 5.41) is 4.23. The van der Waals surface area contributed by atoms with E-state index in [1.807, 2.05) is 24.0 Å². The summed E-state index contributed by atoms with van der Waals surface area (Å²) in [7, 11) is 0. The topological polar surface area (TPSA) is 89.3 Å². The summed E-state index contributed by atoms with van der Waals surface area (Å²) in [6.07, 6.45) is 9.62. The van der Waals surface area contributed by atoms with Crippen LogP contribution in [0.25, 0.3) is 5.65 Å². The molecular formula is C27H33N5O4. The third kappa shape index (κ3) is 5.36. The predicted octanol–water partition coefficient (Wildman–Crippen LogP) is 3.33. The molecule has 0 radical (unpaired) electrons. The molecule has 36 heavy (non-hydrogen) atoms. The van der Waals surface area contributed by atoms with Gasteiger partial charge in [0.1, 0.15) is 23.5 Å². The fourth-order valence-electron chi connectivity index (χ4n) is 5.15. The van der Waals surface area contributed by atoms with Gasteiger partial charge in [-0.05, 0) is 50.1 Å². The first-order chi connectivity index (χ1) is 17.6. The van der Waals surface area contributed by atoms with Crippen LogP contribution in [0.4, 0.5) is 0 Å². The average molecular weight is 492 g/mol. The van der Waals surface area contributed by atoms with Crippen molar-refractivity contribution >= 4 is 17.5 Å². The van der Waals surface area contributed by atoms with Gasteiger partial charge in [0.15, 0.2) is 5.65 Å². The van der Waals surface area contributed by atoms with Gasteiger partial charge in [0.05, 0.1) is 12.8 Å². The first kappa shape index (κ1) is 24.2. The summed E-state index contributed by atoms with van der Waals surface area (Å²) in [6, 6.07) is 9.75. The van der Waals surface area contributed by atoms with E-state index in [9.17, 15) is 9.59 Å². The van der Waals surface area contributed by atoms with Crippen molar-refractivity contribution in [2.45, 2.75) is 57.7 Å². The highest BCUT2D eigenvalue weighted by atomic mass is 16.5. The van der Waals surface area contributed by atoms with Crippen LogP contribution in [-0.4, -0.2) is 74.7 Å². The van der Waals surface area contributed by atoms with Crippen LogP contribution in [0.15, 0.2) is 48.9 Å². The monoisotopic (exact) mass is 491 g/mol. The molecule has 9 nitrogen and oxygen atoms in total. The second-order valence-electron chi connectivity index (χ2n) is 9.44. The molecule has 3 aromatic rings. The van der Waals surface area contributed by atoms with Crippen molar-refractivity contribution in [3.63, 3.8) is 0 Å². The molecule has 0 aliphatic carbocycles. The van der Waals surface area contributed by atoms with Gasteiger partial charge >= 0.3 is 5.97 Å². The second kappa shape index (κ2) is 11.1. The average Bonchev–Trinajstić information content (AvgIpc) is 3.34. The summed E-state index contributed by atoms with van der Waals surface area (Å²) in [6.45, 7) is 5.10. The number of rotatable bonds is 7. The van der Waals surface area contributed by atoms with Crippen LogP contribution in [-0.2, 0) is 16.1 Å². The Morgan fingerprint density at radius 3 is 2.78 bits per heavy atom. The van der Waals surface area contributed by atoms with Crippen molar-refractivity contribution in [2.24, 2.45) is 0 Å². The molecule has 190 valence electrons. The minimum absolute atomic E-state index is 0.0400. The quantitative estimate of drug-likeness (QED) is 0.469. The Kier molecular flexibility index (Phi) is 7.46. The summed E-state index contributed by atoms with van der Waals surface area (Å²) < 4.78 is 13.2. The fraction of sp³-hybridized carbons (Fsp3) is 0.481. The van der Waals surface area contributed by atoms with Crippen LogP contribution in [0.1, 0.15) is 54.9 Å². The number of esters is 1. The minimum Gasteiger partial charge on any atom is -0.490 e. The molecular weight excluding hydrogens is 458 g/mol. The highest BCUT2D eigenvalue weighted by Gasteiger charge is 2.30. The predicted molar refractivity (Wildman–Crippen MR) is 134 cm³/mol. The van der Waals surface area contributed by atoms with Crippen molar-refractivity contribution in [3.05, 3.63) is 60.0 Å². The number of likely N-dealkylation sites (tertiary alicyclic amines) is 2. The molecule has 2 fully saturated rings. The van der Waals surface area contributed by atoms with E-state index in [2.05, 4.69) is 27.1 Å². The van der Waals surface area contributed by atoms with Gasteiger partial charge in [0.2, 0.25) is 0 Å². The number of hydrogen-bond donors (Lipinski definition) is 0. The zero-order valence-corrected chi connectivity index (χ0v) is 20.7. The van der Waals surface area contributed by atoms with E-state index in [1.165, 1.54) is 0 Å². The van der Waals surface area contributed by atoms with Gasteiger partial charge in [-0.15, -0.1) is 0 Å². The van der Waals surface area contributed by atoms with Gasteiger partial charge in [-0.25, -0.2) is 9.50 Å². The van der Waals surface area contributed by atoms with E-state index in [1.54, 1.807) is 29.2 Å². The Hall–Kier alpha value is -3.46. The molecule has 0 spiro atoms. The Labute approximate surface area is 211 Å². The summed E-state index contributed by atoms with van der Waals surface area (Å²) in [5.74, 6) is 0.668. The normalized spacial score (nSPS) is 19.4. The molecule has 1 amide bonds. The molecule has 5 rings (SSSR count). The Morgan fingerprint density at radius 2 is 1.94 bits per heavy atom. The molecule has 0 unspecified atom stereocenters. The molecule has 0 N–H and O–H groups in total. The summed E-state index contributed by atoms with van der Waals surface area (Å²) >= 11 is 0. The van der Waals surface area contributed by atoms with Crippen molar-refractivity contribution in [1.29, 1.82) is 0 Å². The highest BCUT2D eigenvalue weighted by molar-refractivity contribution is 5.99. The van der Waals surface area contributed by atoms with Crippen molar-refractivity contribution in [2.75, 3.05) is 26.2 Å². The molecule has 0 saturated carbocycles. The molecule has 0 bridgehead atoms. The molecule has 4 heterocycles. The molecule has 1 aromatic carbocycles. The van der Waals surface area contributed by atoms with E-state index in [0.29, 0.717) is 37.5 Å². The number of aromatic nitrogens is 3. The number of hydrogen-bond acceptors (Lipinski definition) is 7. The summed E-state index contributed by atoms with van der Waals surface area (Å²) in [5.41, 5.74) is 2.23. The number of ether oxygens (including phenoxy) is 2. The zero-order valence-electron chi connectivity index (χ0n) is 20.7. The molecule has 2 aliphatic heterocycles. The van der Waals surface area contributed by atoms with Gasteiger partial charge in [0.25, 0.3) is 5.91 Å². The van der Waals surface area contributed by atoms with E-state index < -0.39 is 0 Å². The smallest absolute Gasteiger partial charge is 0.323 e. The Balaban J connectivity index is 1.17. The standard InChI is InChI=1S/C27H33N5O4/c1-2-35-27(34)24-9-3-4-13-31(24)19-20-7-5-8-22(17-20)36-21-10-15-30(16-11-21)26(33)23-18-29-32-14-6-12-28-25(23)32/h5-8,12,14,17-18,21,24H,2-4,9-11,13,15-16,19H2,1H3/t24-/m0/s1. The van der Waals surface area contributed by atoms with Crippen molar-refractivity contribution in [3.8, 4) is 5.75 Å². The largest absolute Gasteiger partial charge is 0.490 e. The highest BCUT2D eigenvalue weighted by Crippen LogP contribution is 2.25. The zero-order chi connectivity index (χ0) is 24.9. The number of amides is 1. The number of piperidine rings is 2. The first-order valence-corrected chi connectivity index (χ1v) is 12.9. The van der Waals surface area contributed by atoms with E-state index in [-0.39, 0.29) is 24.0 Å². The van der Waals surface area contributed by atoms with Gasteiger partial charge in [-0.2, -0.15) is 5.10 Å². The molecule has 1 atom stereocenters. The molecule has 2 saturated heterocycles. The minimum atomic E-state index is -0.173.